The molecule has 2 rings (SSSR count). The fourth-order valence-electron chi connectivity index (χ4n) is 2.63. The number of hydrogen-bond acceptors (Lipinski definition) is 6. The Labute approximate surface area is 189 Å². The number of carboxylic acid groups (broad SMARTS) is 1. The molecule has 7 nitrogen and oxygen atoms in total. The van der Waals surface area contributed by atoms with Gasteiger partial charge in [-0.1, -0.05) is 38.1 Å². The van der Waals surface area contributed by atoms with Gasteiger partial charge in [-0.05, 0) is 57.2 Å². The molecule has 0 spiro atoms. The first-order chi connectivity index (χ1) is 14.8. The first-order valence-corrected chi connectivity index (χ1v) is 10.2. The van der Waals surface area contributed by atoms with Gasteiger partial charge < -0.3 is 19.3 Å². The number of esters is 1. The summed E-state index contributed by atoms with van der Waals surface area (Å²) >= 11 is 3.39. The Bertz CT molecular complexity index is 982. The summed E-state index contributed by atoms with van der Waals surface area (Å²) in [6.07, 6.45) is 1.45. The van der Waals surface area contributed by atoms with Crippen molar-refractivity contribution < 1.29 is 28.9 Å². The molecule has 8 heteroatoms. The average Bonchev–Trinajstić information content (AvgIpc) is 2.74. The van der Waals surface area contributed by atoms with E-state index in [1.807, 2.05) is 0 Å². The van der Waals surface area contributed by atoms with Gasteiger partial charge in [0.1, 0.15) is 17.5 Å². The quantitative estimate of drug-likeness (QED) is 0.182. The van der Waals surface area contributed by atoms with Crippen LogP contribution in [-0.2, 0) is 14.3 Å². The summed E-state index contributed by atoms with van der Waals surface area (Å²) in [5.41, 5.74) is 1.32. The summed E-state index contributed by atoms with van der Waals surface area (Å²) in [6, 6.07) is 12.9. The fourth-order valence-corrected chi connectivity index (χ4v) is 3.22. The topological polar surface area (TPSA) is 94.4 Å². The Kier molecular flexibility index (Phi) is 8.81. The van der Waals surface area contributed by atoms with Gasteiger partial charge in [0.05, 0.1) is 18.7 Å². The molecule has 0 bridgehead atoms. The number of aliphatic carboxylic acids is 1. The molecule has 0 saturated carbocycles. The number of rotatable bonds is 9. The molecule has 1 unspecified atom stereocenters. The van der Waals surface area contributed by atoms with Crippen LogP contribution in [0, 0.1) is 5.92 Å². The number of halogens is 1. The summed E-state index contributed by atoms with van der Waals surface area (Å²) < 4.78 is 16.3. The number of methoxy groups -OCH3 is 2. The zero-order valence-corrected chi connectivity index (χ0v) is 19.3. The smallest absolute Gasteiger partial charge is 0.380 e. The lowest BCUT2D eigenvalue weighted by Gasteiger charge is -2.11. The van der Waals surface area contributed by atoms with E-state index >= 15 is 0 Å². The molecule has 2 aromatic carbocycles. The van der Waals surface area contributed by atoms with E-state index in [1.165, 1.54) is 13.3 Å². The summed E-state index contributed by atoms with van der Waals surface area (Å²) in [5, 5.41) is 9.25. The first kappa shape index (κ1) is 24.1. The van der Waals surface area contributed by atoms with Crippen LogP contribution >= 0.6 is 15.9 Å². The first-order valence-electron chi connectivity index (χ1n) is 9.43. The normalized spacial score (nSPS) is 13.0. The van der Waals surface area contributed by atoms with Gasteiger partial charge in [-0.15, -0.1) is 0 Å². The van der Waals surface area contributed by atoms with Gasteiger partial charge in [-0.2, -0.15) is 0 Å². The van der Waals surface area contributed by atoms with E-state index in [0.717, 1.165) is 0 Å². The maximum Gasteiger partial charge on any atom is 0.380 e. The molecule has 0 aliphatic rings. The van der Waals surface area contributed by atoms with Crippen molar-refractivity contribution >= 4 is 38.6 Å². The van der Waals surface area contributed by atoms with E-state index in [0.29, 0.717) is 21.4 Å². The van der Waals surface area contributed by atoms with Crippen molar-refractivity contribution in [2.75, 3.05) is 14.2 Å². The lowest BCUT2D eigenvalue weighted by atomic mass is 10.1. The Morgan fingerprint density at radius 1 is 1.06 bits per heavy atom. The Hall–Kier alpha value is -3.13. The van der Waals surface area contributed by atoms with Crippen molar-refractivity contribution in [3.05, 3.63) is 65.4 Å². The van der Waals surface area contributed by atoms with Gasteiger partial charge in [0.15, 0.2) is 0 Å². The number of carboxylic acids is 1. The minimum absolute atomic E-state index is 0.00464. The number of nitrogens with zero attached hydrogens (tertiary/aromatic N) is 1. The molecule has 1 N–H and O–H groups in total. The van der Waals surface area contributed by atoms with Crippen molar-refractivity contribution in [3.63, 3.8) is 0 Å². The van der Waals surface area contributed by atoms with Crippen LogP contribution in [0.5, 0.6) is 11.5 Å². The van der Waals surface area contributed by atoms with Crippen molar-refractivity contribution in [2.24, 2.45) is 10.9 Å². The number of hydrogen-bond donors (Lipinski definition) is 1. The molecule has 1 atom stereocenters. The zero-order chi connectivity index (χ0) is 23.0. The minimum Gasteiger partial charge on any atom is -0.497 e. The van der Waals surface area contributed by atoms with Crippen molar-refractivity contribution in [1.82, 2.24) is 0 Å². The molecule has 31 heavy (non-hydrogen) atoms. The van der Waals surface area contributed by atoms with Gasteiger partial charge in [0.2, 0.25) is 5.76 Å². The van der Waals surface area contributed by atoms with Crippen LogP contribution in [0.25, 0.3) is 4.48 Å². The SMILES string of the molecule is CO/C(C(=O)Oc1cccc(C=NC(C(=O)O)C(C)C)c1)=C(/Br)c1ccc(OC)cc1. The van der Waals surface area contributed by atoms with Crippen LogP contribution in [0.2, 0.25) is 0 Å². The molecule has 0 heterocycles. The second-order valence-electron chi connectivity index (χ2n) is 6.84. The molecule has 0 aliphatic carbocycles. The third-order valence-electron chi connectivity index (χ3n) is 4.27. The molecular formula is C23H24BrNO6. The van der Waals surface area contributed by atoms with Gasteiger partial charge in [0.25, 0.3) is 0 Å². The van der Waals surface area contributed by atoms with E-state index in [1.54, 1.807) is 69.5 Å². The number of carbonyl (C=O) groups excluding carboxylic acids is 1. The number of carbonyl (C=O) groups is 2. The number of benzene rings is 2. The highest BCUT2D eigenvalue weighted by atomic mass is 79.9. The molecular weight excluding hydrogens is 466 g/mol. The maximum atomic E-state index is 12.7. The predicted octanol–water partition coefficient (Wildman–Crippen LogP) is 4.54. The van der Waals surface area contributed by atoms with E-state index in [-0.39, 0.29) is 17.4 Å². The van der Waals surface area contributed by atoms with Crippen molar-refractivity contribution in [3.8, 4) is 11.5 Å². The van der Waals surface area contributed by atoms with Crippen molar-refractivity contribution in [1.29, 1.82) is 0 Å². The van der Waals surface area contributed by atoms with Gasteiger partial charge >= 0.3 is 11.9 Å². The Morgan fingerprint density at radius 2 is 1.74 bits per heavy atom. The highest BCUT2D eigenvalue weighted by Gasteiger charge is 2.20. The molecule has 0 aliphatic heterocycles. The maximum absolute atomic E-state index is 12.7. The molecule has 0 saturated heterocycles. The Balaban J connectivity index is 2.21. The second kappa shape index (κ2) is 11.3. The number of aliphatic imine (C=N–C) groups is 1. The van der Waals surface area contributed by atoms with Crippen LogP contribution in [0.3, 0.4) is 0 Å². The average molecular weight is 490 g/mol. The zero-order valence-electron chi connectivity index (χ0n) is 17.7. The predicted molar refractivity (Wildman–Crippen MR) is 122 cm³/mol. The third-order valence-corrected chi connectivity index (χ3v) is 5.09. The van der Waals surface area contributed by atoms with Gasteiger partial charge in [0, 0.05) is 6.21 Å². The van der Waals surface area contributed by atoms with E-state index in [2.05, 4.69) is 20.9 Å². The Morgan fingerprint density at radius 3 is 2.29 bits per heavy atom. The van der Waals surface area contributed by atoms with E-state index in [4.69, 9.17) is 14.2 Å². The largest absolute Gasteiger partial charge is 0.497 e. The summed E-state index contributed by atoms with van der Waals surface area (Å²) in [4.78, 5) is 28.1. The number of ether oxygens (including phenoxy) is 3. The van der Waals surface area contributed by atoms with Crippen LogP contribution in [0.4, 0.5) is 0 Å². The second-order valence-corrected chi connectivity index (χ2v) is 7.64. The molecule has 0 fully saturated rings. The molecule has 0 amide bonds. The van der Waals surface area contributed by atoms with Crippen molar-refractivity contribution in [2.45, 2.75) is 19.9 Å². The lowest BCUT2D eigenvalue weighted by molar-refractivity contribution is -0.139. The van der Waals surface area contributed by atoms with E-state index < -0.39 is 18.0 Å². The minimum atomic E-state index is -0.993. The van der Waals surface area contributed by atoms with Crippen LogP contribution in [0.15, 0.2) is 59.3 Å². The summed E-state index contributed by atoms with van der Waals surface area (Å²) in [6.45, 7) is 3.57. The monoisotopic (exact) mass is 489 g/mol. The van der Waals surface area contributed by atoms with Crippen LogP contribution in [-0.4, -0.2) is 43.5 Å². The standard InChI is InChI=1S/C23H24BrNO6/c1-14(2)20(22(26)27)25-13-15-6-5-7-18(12-15)31-23(28)21(30-4)19(24)16-8-10-17(29-3)11-9-16/h5-14,20H,1-4H3,(H,26,27)/b21-19+,25-13?. The van der Waals surface area contributed by atoms with E-state index in [9.17, 15) is 14.7 Å². The third kappa shape index (κ3) is 6.68. The summed E-state index contributed by atoms with van der Waals surface area (Å²) in [5.74, 6) is -0.881. The molecule has 0 aromatic heterocycles. The van der Waals surface area contributed by atoms with Gasteiger partial charge in [-0.25, -0.2) is 9.59 Å². The molecule has 164 valence electrons. The highest BCUT2D eigenvalue weighted by Crippen LogP contribution is 2.28. The molecule has 0 radical (unpaired) electrons. The van der Waals surface area contributed by atoms with Crippen LogP contribution < -0.4 is 9.47 Å². The lowest BCUT2D eigenvalue weighted by Crippen LogP contribution is -2.24. The summed E-state index contributed by atoms with van der Waals surface area (Å²) in [7, 11) is 2.95. The van der Waals surface area contributed by atoms with Gasteiger partial charge in [-0.3, -0.25) is 4.99 Å². The molecule has 2 aromatic rings. The highest BCUT2D eigenvalue weighted by molar-refractivity contribution is 9.15. The van der Waals surface area contributed by atoms with Crippen LogP contribution in [0.1, 0.15) is 25.0 Å². The fraction of sp³-hybridized carbons (Fsp3) is 0.261.